The molecule has 0 aliphatic rings. The van der Waals surface area contributed by atoms with Crippen LogP contribution in [0.5, 0.6) is 5.75 Å². The van der Waals surface area contributed by atoms with E-state index in [2.05, 4.69) is 5.32 Å². The lowest BCUT2D eigenvalue weighted by molar-refractivity contribution is 0.475. The summed E-state index contributed by atoms with van der Waals surface area (Å²) >= 11 is 5.78. The lowest BCUT2D eigenvalue weighted by atomic mass is 10.2. The predicted molar refractivity (Wildman–Crippen MR) is 84.5 cm³/mol. The molecule has 3 rings (SSSR count). The molecule has 1 heterocycles. The third kappa shape index (κ3) is 3.23. The Morgan fingerprint density at radius 2 is 1.82 bits per heavy atom. The molecule has 0 atom stereocenters. The molecule has 3 aromatic rings. The lowest BCUT2D eigenvalue weighted by Crippen LogP contribution is -1.97. The molecule has 22 heavy (non-hydrogen) atoms. The summed E-state index contributed by atoms with van der Waals surface area (Å²) in [5.74, 6) is 1.14. The van der Waals surface area contributed by atoms with Gasteiger partial charge < -0.3 is 14.8 Å². The number of furan rings is 1. The second-order valence-corrected chi connectivity index (χ2v) is 5.20. The van der Waals surface area contributed by atoms with Gasteiger partial charge in [0.1, 0.15) is 23.1 Å². The Labute approximate surface area is 132 Å². The number of rotatable bonds is 4. The zero-order chi connectivity index (χ0) is 15.5. The number of anilines is 1. The molecule has 5 heteroatoms. The standard InChI is InChI=1S/C17H13ClFNO2/c18-15-9-11(1-7-16(15)19)17-8-6-14(22-17)10-20-12-2-4-13(21)5-3-12/h1-9,20-21H,10H2. The third-order valence-electron chi connectivity index (χ3n) is 3.20. The fraction of sp³-hybridized carbons (Fsp3) is 0.0588. The van der Waals surface area contributed by atoms with Gasteiger partial charge in [0.05, 0.1) is 11.6 Å². The van der Waals surface area contributed by atoms with Crippen LogP contribution in [-0.2, 0) is 6.54 Å². The minimum Gasteiger partial charge on any atom is -0.508 e. The molecule has 0 radical (unpaired) electrons. The SMILES string of the molecule is Oc1ccc(NCc2ccc(-c3ccc(F)c(Cl)c3)o2)cc1. The van der Waals surface area contributed by atoms with Crippen LogP contribution in [0.3, 0.4) is 0 Å². The Hall–Kier alpha value is -2.46. The van der Waals surface area contributed by atoms with E-state index in [0.29, 0.717) is 12.3 Å². The minimum atomic E-state index is -0.453. The van der Waals surface area contributed by atoms with Crippen molar-refractivity contribution in [3.05, 3.63) is 71.2 Å². The van der Waals surface area contributed by atoms with E-state index in [1.807, 2.05) is 12.1 Å². The maximum absolute atomic E-state index is 13.2. The molecule has 0 unspecified atom stereocenters. The van der Waals surface area contributed by atoms with Gasteiger partial charge in [-0.25, -0.2) is 4.39 Å². The average molecular weight is 318 g/mol. The highest BCUT2D eigenvalue weighted by Crippen LogP contribution is 2.27. The zero-order valence-electron chi connectivity index (χ0n) is 11.5. The maximum atomic E-state index is 13.2. The molecule has 0 amide bonds. The average Bonchev–Trinajstić information content (AvgIpc) is 2.98. The van der Waals surface area contributed by atoms with Crippen molar-refractivity contribution in [3.8, 4) is 17.1 Å². The molecule has 0 saturated heterocycles. The van der Waals surface area contributed by atoms with E-state index < -0.39 is 5.82 Å². The zero-order valence-corrected chi connectivity index (χ0v) is 12.3. The van der Waals surface area contributed by atoms with Crippen molar-refractivity contribution in [1.29, 1.82) is 0 Å². The predicted octanol–water partition coefficient (Wildman–Crippen LogP) is 5.06. The summed E-state index contributed by atoms with van der Waals surface area (Å²) in [6.07, 6.45) is 0. The van der Waals surface area contributed by atoms with Gasteiger partial charge in [-0.1, -0.05) is 11.6 Å². The molecule has 0 aliphatic carbocycles. The molecule has 1 aromatic heterocycles. The number of halogens is 2. The number of hydrogen-bond acceptors (Lipinski definition) is 3. The minimum absolute atomic E-state index is 0.0673. The molecule has 3 nitrogen and oxygen atoms in total. The van der Waals surface area contributed by atoms with E-state index in [1.54, 1.807) is 30.3 Å². The Morgan fingerprint density at radius 3 is 2.55 bits per heavy atom. The van der Waals surface area contributed by atoms with Crippen molar-refractivity contribution in [2.75, 3.05) is 5.32 Å². The van der Waals surface area contributed by atoms with Crippen molar-refractivity contribution < 1.29 is 13.9 Å². The first-order chi connectivity index (χ1) is 10.6. The van der Waals surface area contributed by atoms with E-state index in [-0.39, 0.29) is 10.8 Å². The first-order valence-electron chi connectivity index (χ1n) is 6.69. The number of phenolic OH excluding ortho intramolecular Hbond substituents is 1. The van der Waals surface area contributed by atoms with Crippen LogP contribution < -0.4 is 5.32 Å². The van der Waals surface area contributed by atoms with Gasteiger partial charge in [-0.15, -0.1) is 0 Å². The maximum Gasteiger partial charge on any atom is 0.141 e. The first-order valence-corrected chi connectivity index (χ1v) is 7.06. The van der Waals surface area contributed by atoms with Crippen molar-refractivity contribution in [2.45, 2.75) is 6.54 Å². The van der Waals surface area contributed by atoms with Crippen molar-refractivity contribution >= 4 is 17.3 Å². The molecule has 0 spiro atoms. The fourth-order valence-electron chi connectivity index (χ4n) is 2.05. The molecular formula is C17H13ClFNO2. The number of nitrogens with one attached hydrogen (secondary N) is 1. The van der Waals surface area contributed by atoms with Gasteiger partial charge in [0, 0.05) is 11.3 Å². The van der Waals surface area contributed by atoms with E-state index in [0.717, 1.165) is 17.0 Å². The Kier molecular flexibility index (Phi) is 4.02. The molecule has 2 N–H and O–H groups in total. The summed E-state index contributed by atoms with van der Waals surface area (Å²) in [6.45, 7) is 0.500. The van der Waals surface area contributed by atoms with Crippen molar-refractivity contribution in [1.82, 2.24) is 0 Å². The second-order valence-electron chi connectivity index (χ2n) is 4.80. The lowest BCUT2D eigenvalue weighted by Gasteiger charge is -2.04. The van der Waals surface area contributed by atoms with Crippen LogP contribution >= 0.6 is 11.6 Å². The monoisotopic (exact) mass is 317 g/mol. The molecule has 0 aliphatic heterocycles. The van der Waals surface area contributed by atoms with Gasteiger partial charge >= 0.3 is 0 Å². The van der Waals surface area contributed by atoms with Crippen LogP contribution in [0.4, 0.5) is 10.1 Å². The van der Waals surface area contributed by atoms with Crippen LogP contribution in [0.25, 0.3) is 11.3 Å². The van der Waals surface area contributed by atoms with Crippen LogP contribution in [0, 0.1) is 5.82 Å². The smallest absolute Gasteiger partial charge is 0.141 e. The summed E-state index contributed by atoms with van der Waals surface area (Å²) in [5, 5.41) is 12.5. The molecule has 0 saturated carbocycles. The van der Waals surface area contributed by atoms with E-state index in [4.69, 9.17) is 16.0 Å². The van der Waals surface area contributed by atoms with Crippen molar-refractivity contribution in [3.63, 3.8) is 0 Å². The number of phenols is 1. The van der Waals surface area contributed by atoms with Gasteiger partial charge in [0.15, 0.2) is 0 Å². The van der Waals surface area contributed by atoms with Gasteiger partial charge in [-0.3, -0.25) is 0 Å². The van der Waals surface area contributed by atoms with E-state index >= 15 is 0 Å². The summed E-state index contributed by atoms with van der Waals surface area (Å²) in [7, 11) is 0. The molecule has 112 valence electrons. The first kappa shape index (κ1) is 14.5. The molecular weight excluding hydrogens is 305 g/mol. The van der Waals surface area contributed by atoms with Crippen LogP contribution in [0.1, 0.15) is 5.76 Å². The highest BCUT2D eigenvalue weighted by atomic mass is 35.5. The van der Waals surface area contributed by atoms with E-state index in [1.165, 1.54) is 12.1 Å². The molecule has 0 bridgehead atoms. The number of aromatic hydroxyl groups is 1. The largest absolute Gasteiger partial charge is 0.508 e. The van der Waals surface area contributed by atoms with E-state index in [9.17, 15) is 9.50 Å². The highest BCUT2D eigenvalue weighted by Gasteiger charge is 2.07. The summed E-state index contributed by atoms with van der Waals surface area (Å²) in [6, 6.07) is 14.9. The topological polar surface area (TPSA) is 45.4 Å². The number of hydrogen-bond donors (Lipinski definition) is 2. The van der Waals surface area contributed by atoms with Crippen LogP contribution in [0.15, 0.2) is 59.0 Å². The second kappa shape index (κ2) is 6.12. The van der Waals surface area contributed by atoms with Gasteiger partial charge in [0.25, 0.3) is 0 Å². The summed E-state index contributed by atoms with van der Waals surface area (Å²) in [4.78, 5) is 0. The van der Waals surface area contributed by atoms with Crippen LogP contribution in [-0.4, -0.2) is 5.11 Å². The normalized spacial score (nSPS) is 10.6. The van der Waals surface area contributed by atoms with Crippen molar-refractivity contribution in [2.24, 2.45) is 0 Å². The fourth-order valence-corrected chi connectivity index (χ4v) is 2.23. The Bertz CT molecular complexity index is 784. The highest BCUT2D eigenvalue weighted by molar-refractivity contribution is 6.31. The Morgan fingerprint density at radius 1 is 1.05 bits per heavy atom. The molecule has 2 aromatic carbocycles. The van der Waals surface area contributed by atoms with Gasteiger partial charge in [-0.2, -0.15) is 0 Å². The summed E-state index contributed by atoms with van der Waals surface area (Å²) < 4.78 is 18.9. The van der Waals surface area contributed by atoms with Gasteiger partial charge in [0.2, 0.25) is 0 Å². The van der Waals surface area contributed by atoms with Crippen LogP contribution in [0.2, 0.25) is 5.02 Å². The Balaban J connectivity index is 1.70. The quantitative estimate of drug-likeness (QED) is 0.661. The van der Waals surface area contributed by atoms with Gasteiger partial charge in [-0.05, 0) is 54.6 Å². The number of benzene rings is 2. The third-order valence-corrected chi connectivity index (χ3v) is 3.49. The molecule has 0 fully saturated rings. The summed E-state index contributed by atoms with van der Waals surface area (Å²) in [5.41, 5.74) is 1.60.